The monoisotopic (exact) mass is 1890 g/mol. The summed E-state index contributed by atoms with van der Waals surface area (Å²) in [5, 5.41) is 16.6. The first-order valence-corrected chi connectivity index (χ1v) is 45.5. The number of hydrogen-bond donors (Lipinski definition) is 2. The van der Waals surface area contributed by atoms with Crippen LogP contribution >= 0.6 is 113 Å². The molecule has 2 N–H and O–H groups in total. The molecule has 0 aliphatic heterocycles. The van der Waals surface area contributed by atoms with Crippen molar-refractivity contribution in [1.29, 1.82) is 0 Å². The molecule has 121 heavy (non-hydrogen) atoms. The molecule has 7 aromatic heterocycles. The van der Waals surface area contributed by atoms with Gasteiger partial charge in [-0.15, -0.1) is 0 Å². The summed E-state index contributed by atoms with van der Waals surface area (Å²) in [7, 11) is -2.00. The van der Waals surface area contributed by atoms with Gasteiger partial charge in [-0.05, 0) is 211 Å². The van der Waals surface area contributed by atoms with Gasteiger partial charge in [-0.3, -0.25) is 14.4 Å². The first kappa shape index (κ1) is 89.9. The Bertz CT molecular complexity index is 6250. The number of benzene rings is 9. The van der Waals surface area contributed by atoms with Gasteiger partial charge in [-0.1, -0.05) is 220 Å². The van der Waals surface area contributed by atoms with Crippen molar-refractivity contribution < 1.29 is 23.9 Å². The van der Waals surface area contributed by atoms with Crippen molar-refractivity contribution in [2.24, 2.45) is 0 Å². The van der Waals surface area contributed by atoms with Crippen LogP contribution in [0.3, 0.4) is 0 Å². The lowest BCUT2D eigenvalue weighted by molar-refractivity contribution is 0.0973. The Kier molecular flexibility index (Phi) is 31.2. The van der Waals surface area contributed by atoms with Crippen molar-refractivity contribution in [1.82, 2.24) is 48.2 Å². The maximum Gasteiger partial charge on any atom is 0.264 e. The minimum atomic E-state index is -2.00. The lowest BCUT2D eigenvalue weighted by Crippen LogP contribution is -2.43. The number of hydrogen-bond acceptors (Lipinski definition) is 12. The van der Waals surface area contributed by atoms with Gasteiger partial charge in [0.05, 0.1) is 35.3 Å². The smallest absolute Gasteiger partial charge is 0.264 e. The van der Waals surface area contributed by atoms with Crippen molar-refractivity contribution >= 4 is 205 Å². The average Bonchev–Trinajstić information content (AvgIpc) is 1.62. The SMILES string of the molecule is Brc1ccc2c(c1)C=CC2.Brc1ccc2c(ccn2-c2ccccc2)c1.CC(C)(C)[Si](C)(C)OCCN(C(=O)c1c(Cl)ncnc1Cl)c1ccc2c(ccn2-c2ccccc2)c1.CCCNc1ccc2c(ccn2-c2ccccc2)c1.O=C(Cl)c1c(Cl)ncnc1Cl.O=C(c1c(Cl)ncnc1Cl)N(CCO)c1ccc2c(ccn2-c2ccccc2)c1. The summed E-state index contributed by atoms with van der Waals surface area (Å²) < 4.78 is 17.3. The number of aliphatic hydroxyl groups excluding tert-OH is 1. The fraction of sp³-hybridized carbons (Fsp3) is 0.151. The number of allylic oxidation sites excluding steroid dienone is 1. The van der Waals surface area contributed by atoms with Gasteiger partial charge >= 0.3 is 0 Å². The van der Waals surface area contributed by atoms with Crippen LogP contribution in [0.25, 0.3) is 72.4 Å². The Hall–Kier alpha value is -10.3. The van der Waals surface area contributed by atoms with Crippen molar-refractivity contribution in [2.45, 2.75) is 58.7 Å². The summed E-state index contributed by atoms with van der Waals surface area (Å²) in [5.74, 6) is -0.845. The van der Waals surface area contributed by atoms with Crippen molar-refractivity contribution in [3.05, 3.63) is 354 Å². The maximum atomic E-state index is 13.7. The number of anilines is 3. The zero-order valence-corrected chi connectivity index (χ0v) is 76.0. The molecule has 2 amide bonds. The van der Waals surface area contributed by atoms with Crippen LogP contribution in [0.2, 0.25) is 49.1 Å². The molecule has 0 saturated heterocycles. The Morgan fingerprint density at radius 3 is 1.22 bits per heavy atom. The molecule has 9 aromatic carbocycles. The number of halogens is 9. The summed E-state index contributed by atoms with van der Waals surface area (Å²) in [6.07, 6.45) is 18.4. The molecular weight excluding hydrogens is 1820 g/mol. The van der Waals surface area contributed by atoms with E-state index in [1.807, 2.05) is 122 Å². The molecule has 0 unspecified atom stereocenters. The van der Waals surface area contributed by atoms with Crippen LogP contribution in [-0.4, -0.2) is 112 Å². The number of para-hydroxylation sites is 4. The summed E-state index contributed by atoms with van der Waals surface area (Å²) in [6, 6.07) is 80.0. The number of nitrogens with one attached hydrogen (secondary N) is 1. The summed E-state index contributed by atoms with van der Waals surface area (Å²) >= 11 is 47.7. The second kappa shape index (κ2) is 42.0. The van der Waals surface area contributed by atoms with E-state index in [0.717, 1.165) is 67.8 Å². The Balaban J connectivity index is 0.000000140. The highest BCUT2D eigenvalue weighted by Gasteiger charge is 2.38. The largest absolute Gasteiger partial charge is 0.415 e. The topological polar surface area (TPSA) is 196 Å². The molecule has 7 heterocycles. The first-order chi connectivity index (χ1) is 58.3. The molecule has 0 saturated carbocycles. The number of amides is 2. The Morgan fingerprint density at radius 1 is 0.471 bits per heavy atom. The number of fused-ring (bicyclic) bond motifs is 5. The fourth-order valence-electron chi connectivity index (χ4n) is 12.9. The second-order valence-corrected chi connectivity index (χ2v) is 38.1. The van der Waals surface area contributed by atoms with Crippen LogP contribution in [0.5, 0.6) is 0 Å². The molecule has 17 rings (SSSR count). The van der Waals surface area contributed by atoms with E-state index in [1.165, 1.54) is 67.5 Å². The number of aliphatic hydroxyl groups is 1. The summed E-state index contributed by atoms with van der Waals surface area (Å²) in [5.41, 5.74) is 14.3. The molecule has 1 aliphatic carbocycles. The van der Waals surface area contributed by atoms with E-state index >= 15 is 0 Å². The molecule has 0 fully saturated rings. The van der Waals surface area contributed by atoms with E-state index in [1.54, 1.807) is 4.90 Å². The molecule has 16 aromatic rings. The van der Waals surface area contributed by atoms with E-state index in [0.29, 0.717) is 24.5 Å². The summed E-state index contributed by atoms with van der Waals surface area (Å²) in [4.78, 5) is 63.2. The van der Waals surface area contributed by atoms with Gasteiger partial charge in [0.2, 0.25) is 0 Å². The van der Waals surface area contributed by atoms with Crippen LogP contribution in [0.15, 0.2) is 295 Å². The third-order valence-electron chi connectivity index (χ3n) is 20.1. The highest BCUT2D eigenvalue weighted by atomic mass is 79.9. The lowest BCUT2D eigenvalue weighted by Gasteiger charge is -2.37. The van der Waals surface area contributed by atoms with Crippen LogP contribution < -0.4 is 15.1 Å². The molecule has 0 radical (unpaired) electrons. The maximum absolute atomic E-state index is 13.7. The molecule has 0 spiro atoms. The van der Waals surface area contributed by atoms with Crippen molar-refractivity contribution in [3.63, 3.8) is 0 Å². The van der Waals surface area contributed by atoms with E-state index in [9.17, 15) is 19.5 Å². The average molecular weight is 1900 g/mol. The van der Waals surface area contributed by atoms with E-state index in [2.05, 4.69) is 278 Å². The molecule has 0 bridgehead atoms. The highest BCUT2D eigenvalue weighted by Crippen LogP contribution is 2.38. The fourth-order valence-corrected chi connectivity index (χ4v) is 16.4. The first-order valence-electron chi connectivity index (χ1n) is 38.4. The van der Waals surface area contributed by atoms with Gasteiger partial charge in [-0.25, -0.2) is 29.9 Å². The second-order valence-electron chi connectivity index (χ2n) is 28.9. The lowest BCUT2D eigenvalue weighted by atomic mass is 10.1. The van der Waals surface area contributed by atoms with E-state index in [-0.39, 0.29) is 71.7 Å². The Morgan fingerprint density at radius 2 is 0.835 bits per heavy atom. The van der Waals surface area contributed by atoms with Gasteiger partial charge < -0.3 is 42.9 Å². The molecule has 18 nitrogen and oxygen atoms in total. The molecule has 0 atom stereocenters. The third kappa shape index (κ3) is 22.5. The van der Waals surface area contributed by atoms with E-state index < -0.39 is 19.5 Å². The Labute approximate surface area is 754 Å². The van der Waals surface area contributed by atoms with E-state index in [4.69, 9.17) is 85.6 Å². The number of nitrogens with zero attached hydrogens (tertiary/aromatic N) is 12. The van der Waals surface area contributed by atoms with Gasteiger partial charge in [-0.2, -0.15) is 0 Å². The van der Waals surface area contributed by atoms with Gasteiger partial charge in [0.15, 0.2) is 8.32 Å². The normalized spacial score (nSPS) is 11.4. The van der Waals surface area contributed by atoms with Crippen LogP contribution in [0, 0.1) is 0 Å². The van der Waals surface area contributed by atoms with Crippen LogP contribution in [0.1, 0.15) is 76.3 Å². The molecule has 616 valence electrons. The number of rotatable bonds is 18. The number of aromatic nitrogens is 10. The molecule has 28 heteroatoms. The standard InChI is InChI=1S/C27H30Cl2N4O2Si.C21H16Cl2N4O2.C17H18N2.C14H10BrN.C9H7Br.C5HCl3N2O/c1-27(2,3)36(4,5)35-16-15-33(26(34)23-24(28)30-18-31-25(23)29)21-11-12-22-19(17-21)13-14-32(22)20-9-7-6-8-10-20;22-19-18(20(23)25-13-24-19)21(29)27(10-11-28)16-6-7-17-14(12-16)8-9-26(17)15-4-2-1-3-5-15;1-2-11-18-15-8-9-17-14(13-15)10-12-19(17)16-6-4-3-5-7-16;15-12-6-7-14-11(10-12)8-9-16(14)13-4-2-1-3-5-13;10-9-5-4-7-2-1-3-8(7)6-9;6-3-2(5(8)11)4(7)10-1-9-3/h6-14,17-18H,15-16H2,1-5H3;1-9,12-13,28H,10-11H2;3-10,12-13,18H,2,11H2,1H3;1-10H;1,3-6H,2H2;1H. The number of carbonyl (C=O) groups is 3. The van der Waals surface area contributed by atoms with Crippen LogP contribution in [-0.2, 0) is 10.8 Å². The minimum absolute atomic E-state index is 0.00577. The van der Waals surface area contributed by atoms with Gasteiger partial charge in [0, 0.05) is 115 Å². The quantitative estimate of drug-likeness (QED) is 0.0469. The predicted octanol–water partition coefficient (Wildman–Crippen LogP) is 25.8. The van der Waals surface area contributed by atoms with Crippen molar-refractivity contribution in [2.75, 3.05) is 48.0 Å². The zero-order chi connectivity index (χ0) is 85.9. The molecular formula is C93H82Br2Cl7N13O5Si. The minimum Gasteiger partial charge on any atom is -0.415 e. The third-order valence-corrected chi connectivity index (χ3v) is 27.5. The van der Waals surface area contributed by atoms with Crippen LogP contribution in [0.4, 0.5) is 17.1 Å². The van der Waals surface area contributed by atoms with Gasteiger partial charge in [0.1, 0.15) is 66.6 Å². The van der Waals surface area contributed by atoms with Crippen molar-refractivity contribution in [3.8, 4) is 22.7 Å². The highest BCUT2D eigenvalue weighted by molar-refractivity contribution is 9.10. The zero-order valence-electron chi connectivity index (χ0n) is 66.5. The van der Waals surface area contributed by atoms with Gasteiger partial charge in [0.25, 0.3) is 17.1 Å². The number of carbonyl (C=O) groups excluding carboxylic acids is 3. The molecule has 1 aliphatic rings. The predicted molar refractivity (Wildman–Crippen MR) is 506 cm³/mol. The summed E-state index contributed by atoms with van der Waals surface area (Å²) in [6.45, 7) is 14.7.